The molecule has 0 atom stereocenters. The van der Waals surface area contributed by atoms with E-state index in [2.05, 4.69) is 85.5 Å². The van der Waals surface area contributed by atoms with Gasteiger partial charge in [0.05, 0.1) is 0 Å². The van der Waals surface area contributed by atoms with E-state index < -0.39 is 0 Å². The average molecular weight is 502 g/mol. The molecule has 0 spiro atoms. The van der Waals surface area contributed by atoms with Gasteiger partial charge in [-0.3, -0.25) is 0 Å². The summed E-state index contributed by atoms with van der Waals surface area (Å²) < 4.78 is 67.5. The van der Waals surface area contributed by atoms with E-state index in [1.165, 1.54) is 0 Å². The second-order valence-corrected chi connectivity index (χ2v) is 1.06. The fourth-order valence-corrected chi connectivity index (χ4v) is 0.250. The molecule has 0 N–H and O–H groups in total. The Hall–Kier alpha value is -1.22. The molecular weight excluding hydrogens is 492 g/mol. The monoisotopic (exact) mass is 502 g/mol. The normalized spacial score (nSPS) is 2.07. The Balaban J connectivity index is -0.00000000761. The van der Waals surface area contributed by atoms with Crippen LogP contribution in [0.2, 0.25) is 0 Å². The predicted molar refractivity (Wildman–Crippen MR) is 63.7 cm³/mol. The summed E-state index contributed by atoms with van der Waals surface area (Å²) in [5.41, 5.74) is 0. The molecule has 0 aliphatic heterocycles. The van der Waals surface area contributed by atoms with Gasteiger partial charge in [0.1, 0.15) is 0 Å². The molecule has 0 aliphatic rings. The first kappa shape index (κ1) is 96.9. The van der Waals surface area contributed by atoms with Crippen molar-refractivity contribution in [1.29, 1.82) is 0 Å². The van der Waals surface area contributed by atoms with Crippen LogP contribution in [0.15, 0.2) is 0 Å². The van der Waals surface area contributed by atoms with Crippen LogP contribution in [0.3, 0.4) is 0 Å². The van der Waals surface area contributed by atoms with E-state index in [1.807, 2.05) is 0 Å². The van der Waals surface area contributed by atoms with Crippen LogP contribution in [0.1, 0.15) is 26.7 Å². The van der Waals surface area contributed by atoms with Gasteiger partial charge in [0, 0.05) is 64.0 Å². The van der Waals surface area contributed by atoms with Crippen molar-refractivity contribution in [2.24, 2.45) is 0 Å². The zero-order chi connectivity index (χ0) is 22.8. The standard InChI is InChI=1S/C6H10.9CO.3Fe/c1-3-5-6-4-2;9*1-2;;;/h3-4H2,1-2H3;;;;;;;;;;;;. The van der Waals surface area contributed by atoms with Gasteiger partial charge in [-0.05, 0) is 0 Å². The van der Waals surface area contributed by atoms with Gasteiger partial charge in [-0.15, -0.1) is 11.8 Å². The molecule has 0 bridgehead atoms. The first-order valence-corrected chi connectivity index (χ1v) is 4.21. The molecule has 0 heterocycles. The molecule has 0 aromatic rings. The summed E-state index contributed by atoms with van der Waals surface area (Å²) in [7, 11) is 0. The van der Waals surface area contributed by atoms with Crippen molar-refractivity contribution in [3.05, 3.63) is 59.9 Å². The van der Waals surface area contributed by atoms with Crippen LogP contribution < -0.4 is 0 Å². The van der Waals surface area contributed by atoms with Crippen LogP contribution >= 0.6 is 0 Å². The molecule has 0 unspecified atom stereocenters. The molecule has 9 nitrogen and oxygen atoms in total. The first-order chi connectivity index (χ1) is 11.9. The maximum absolute atomic E-state index is 7.50. The molecule has 148 valence electrons. The van der Waals surface area contributed by atoms with Crippen molar-refractivity contribution in [3.63, 3.8) is 0 Å². The van der Waals surface area contributed by atoms with Gasteiger partial charge in [0.15, 0.2) is 0 Å². The summed E-state index contributed by atoms with van der Waals surface area (Å²) in [6.07, 6.45) is 1.99. The largest absolute Gasteiger partial charge is 0 e. The van der Waals surface area contributed by atoms with E-state index in [1.54, 1.807) is 0 Å². The molecule has 0 amide bonds. The molecule has 0 radical (unpaired) electrons. The zero-order valence-electron chi connectivity index (χ0n) is 13.6. The Morgan fingerprint density at radius 2 is 0.444 bits per heavy atom. The molecule has 27 heavy (non-hydrogen) atoms. The van der Waals surface area contributed by atoms with Crippen LogP contribution in [0.5, 0.6) is 0 Å². The Morgan fingerprint density at radius 1 is 0.370 bits per heavy atom. The molecule has 0 saturated heterocycles. The first-order valence-electron chi connectivity index (χ1n) is 4.21. The van der Waals surface area contributed by atoms with Crippen LogP contribution in [-0.2, 0) is 93.1 Å². The van der Waals surface area contributed by atoms with E-state index in [0.29, 0.717) is 0 Å². The van der Waals surface area contributed by atoms with Crippen LogP contribution in [-0.4, -0.2) is 0 Å². The van der Waals surface area contributed by atoms with Gasteiger partial charge >= 0.3 is 102 Å². The molecule has 0 aromatic carbocycles. The maximum Gasteiger partial charge on any atom is 0 e. The van der Waals surface area contributed by atoms with Crippen molar-refractivity contribution in [3.8, 4) is 11.8 Å². The predicted octanol–water partition coefficient (Wildman–Crippen LogP) is 1.46. The third-order valence-electron chi connectivity index (χ3n) is 0.479. The third-order valence-corrected chi connectivity index (χ3v) is 0.479. The van der Waals surface area contributed by atoms with Gasteiger partial charge in [-0.2, -0.15) is 0 Å². The molecule has 0 aliphatic carbocycles. The zero-order valence-corrected chi connectivity index (χ0v) is 17.0. The van der Waals surface area contributed by atoms with E-state index >= 15 is 0 Å². The van der Waals surface area contributed by atoms with Crippen molar-refractivity contribution in [2.75, 3.05) is 0 Å². The summed E-state index contributed by atoms with van der Waals surface area (Å²) >= 11 is 0. The minimum absolute atomic E-state index is 0. The molecule has 0 saturated carbocycles. The molecule has 0 rings (SSSR count). The molecule has 0 aromatic heterocycles. The van der Waals surface area contributed by atoms with E-state index in [9.17, 15) is 0 Å². The second-order valence-electron chi connectivity index (χ2n) is 1.06. The number of hydrogen-bond donors (Lipinski definition) is 0. The molecule has 12 heteroatoms. The van der Waals surface area contributed by atoms with Crippen molar-refractivity contribution in [1.82, 2.24) is 0 Å². The summed E-state index contributed by atoms with van der Waals surface area (Å²) in [6, 6.07) is 0. The summed E-state index contributed by atoms with van der Waals surface area (Å²) in [5.74, 6) is 5.90. The van der Waals surface area contributed by atoms with Gasteiger partial charge < -0.3 is 0 Å². The van der Waals surface area contributed by atoms with E-state index in [0.717, 1.165) is 12.8 Å². The van der Waals surface area contributed by atoms with Crippen molar-refractivity contribution < 1.29 is 93.1 Å². The molecule has 0 fully saturated rings. The SMILES string of the molecule is CCC#CCC.[C-]#[O+].[C-]#[O+].[C-]#[O+].[C-]#[O+].[C-]#[O+].[C-]#[O+].[C-]#[O+].[C-]#[O+].[C-]#[O+].[Fe].[Fe].[Fe]. The van der Waals surface area contributed by atoms with Gasteiger partial charge in [0.25, 0.3) is 0 Å². The Bertz CT molecular complexity index is 285. The van der Waals surface area contributed by atoms with Crippen LogP contribution in [0, 0.1) is 71.7 Å². The maximum atomic E-state index is 7.50. The van der Waals surface area contributed by atoms with Crippen LogP contribution in [0.4, 0.5) is 0 Å². The fourth-order valence-electron chi connectivity index (χ4n) is 0.250. The van der Waals surface area contributed by atoms with E-state index in [-0.39, 0.29) is 51.2 Å². The topological polar surface area (TPSA) is 179 Å². The van der Waals surface area contributed by atoms with E-state index in [4.69, 9.17) is 41.9 Å². The minimum atomic E-state index is 0. The fraction of sp³-hybridized carbons (Fsp3) is 0.267. The van der Waals surface area contributed by atoms with Gasteiger partial charge in [-0.25, -0.2) is 0 Å². The Morgan fingerprint density at radius 3 is 0.481 bits per heavy atom. The smallest absolute Gasteiger partial charge is 0 e. The van der Waals surface area contributed by atoms with Crippen molar-refractivity contribution >= 4 is 0 Å². The summed E-state index contributed by atoms with van der Waals surface area (Å²) in [6.45, 7) is 44.6. The van der Waals surface area contributed by atoms with Crippen LogP contribution in [0.25, 0.3) is 0 Å². The average Bonchev–Trinajstić information content (AvgIpc) is 2.79. The Kier molecular flexibility index (Phi) is 6520. The van der Waals surface area contributed by atoms with Gasteiger partial charge in [0.2, 0.25) is 0 Å². The van der Waals surface area contributed by atoms with Crippen molar-refractivity contribution in [2.45, 2.75) is 26.7 Å². The third kappa shape index (κ3) is 4060. The van der Waals surface area contributed by atoms with Gasteiger partial charge in [-0.1, -0.05) is 13.8 Å². The number of hydrogen-bond acceptors (Lipinski definition) is 0. The minimum Gasteiger partial charge on any atom is 0 e. The quantitative estimate of drug-likeness (QED) is 0.202. The summed E-state index contributed by atoms with van der Waals surface area (Å²) in [5, 5.41) is 0. The number of rotatable bonds is 0. The second kappa shape index (κ2) is 1810. The Labute approximate surface area is 191 Å². The summed E-state index contributed by atoms with van der Waals surface area (Å²) in [4.78, 5) is 0. The molecular formula is C15H10Fe3O9.